The number of rotatable bonds is 3. The zero-order chi connectivity index (χ0) is 15.0. The molecular formula is C13H14ClN7. The third-order valence-electron chi connectivity index (χ3n) is 3.15. The highest BCUT2D eigenvalue weighted by atomic mass is 35.5. The molecule has 2 heterocycles. The minimum absolute atomic E-state index is 0.537. The van der Waals surface area contributed by atoms with E-state index >= 15 is 0 Å². The predicted octanol–water partition coefficient (Wildman–Crippen LogP) is 1.86. The van der Waals surface area contributed by atoms with Gasteiger partial charge < -0.3 is 5.73 Å². The average Bonchev–Trinajstić information content (AvgIpc) is 3.07. The highest BCUT2D eigenvalue weighted by Gasteiger charge is 2.18. The zero-order valence-electron chi connectivity index (χ0n) is 11.7. The second-order valence-corrected chi connectivity index (χ2v) is 5.05. The average molecular weight is 304 g/mol. The van der Waals surface area contributed by atoms with Crippen molar-refractivity contribution in [2.45, 2.75) is 13.3 Å². The van der Waals surface area contributed by atoms with Gasteiger partial charge in [0.25, 0.3) is 0 Å². The van der Waals surface area contributed by atoms with Crippen LogP contribution in [-0.4, -0.2) is 30.0 Å². The number of nitrogens with two attached hydrogens (primary N) is 1. The molecule has 0 aliphatic rings. The first-order chi connectivity index (χ1) is 10.1. The summed E-state index contributed by atoms with van der Waals surface area (Å²) in [4.78, 5) is 0. The van der Waals surface area contributed by atoms with E-state index in [0.717, 1.165) is 17.8 Å². The number of nitrogen functional groups attached to an aromatic ring is 1. The molecule has 0 aliphatic carbocycles. The molecule has 0 fully saturated rings. The number of aryl methyl sites for hydroxylation is 2. The molecule has 0 aliphatic heterocycles. The van der Waals surface area contributed by atoms with Crippen LogP contribution in [0, 0.1) is 0 Å². The summed E-state index contributed by atoms with van der Waals surface area (Å²) in [5, 5.41) is 16.8. The van der Waals surface area contributed by atoms with Crippen LogP contribution in [0.25, 0.3) is 17.1 Å². The Kier molecular flexibility index (Phi) is 3.34. The highest BCUT2D eigenvalue weighted by molar-refractivity contribution is 6.33. The minimum atomic E-state index is 0.537. The fourth-order valence-corrected chi connectivity index (χ4v) is 2.38. The van der Waals surface area contributed by atoms with Gasteiger partial charge >= 0.3 is 0 Å². The number of tetrazole rings is 1. The Morgan fingerprint density at radius 3 is 2.90 bits per heavy atom. The van der Waals surface area contributed by atoms with Crippen molar-refractivity contribution in [2.24, 2.45) is 7.05 Å². The summed E-state index contributed by atoms with van der Waals surface area (Å²) in [7, 11) is 1.86. The van der Waals surface area contributed by atoms with Crippen LogP contribution >= 0.6 is 11.6 Å². The highest BCUT2D eigenvalue weighted by Crippen LogP contribution is 2.29. The van der Waals surface area contributed by atoms with E-state index in [2.05, 4.69) is 20.6 Å². The van der Waals surface area contributed by atoms with Gasteiger partial charge in [0.05, 0.1) is 16.9 Å². The molecule has 108 valence electrons. The van der Waals surface area contributed by atoms with Crippen LogP contribution in [0.4, 0.5) is 5.69 Å². The Balaban J connectivity index is 2.19. The lowest BCUT2D eigenvalue weighted by atomic mass is 10.2. The Morgan fingerprint density at radius 2 is 2.14 bits per heavy atom. The van der Waals surface area contributed by atoms with Gasteiger partial charge in [-0.3, -0.25) is 4.68 Å². The molecular weight excluding hydrogens is 290 g/mol. The lowest BCUT2D eigenvalue weighted by Gasteiger charge is -2.06. The molecule has 3 rings (SSSR count). The van der Waals surface area contributed by atoms with Crippen molar-refractivity contribution in [1.82, 2.24) is 30.0 Å². The number of hydrogen-bond acceptors (Lipinski definition) is 5. The van der Waals surface area contributed by atoms with Gasteiger partial charge in [-0.1, -0.05) is 18.5 Å². The van der Waals surface area contributed by atoms with Gasteiger partial charge in [0, 0.05) is 18.3 Å². The summed E-state index contributed by atoms with van der Waals surface area (Å²) >= 11 is 6.24. The fourth-order valence-electron chi connectivity index (χ4n) is 2.18. The summed E-state index contributed by atoms with van der Waals surface area (Å²) in [6.45, 7) is 2.03. The van der Waals surface area contributed by atoms with Crippen LogP contribution in [0.3, 0.4) is 0 Å². The summed E-state index contributed by atoms with van der Waals surface area (Å²) < 4.78 is 3.37. The van der Waals surface area contributed by atoms with Gasteiger partial charge in [-0.2, -0.15) is 9.78 Å². The van der Waals surface area contributed by atoms with Crippen LogP contribution in [0.5, 0.6) is 0 Å². The number of halogens is 1. The number of nitrogens with zero attached hydrogens (tertiary/aromatic N) is 6. The molecule has 2 aromatic heterocycles. The van der Waals surface area contributed by atoms with Crippen molar-refractivity contribution in [3.8, 4) is 17.1 Å². The smallest absolute Gasteiger partial charge is 0.188 e. The van der Waals surface area contributed by atoms with Crippen molar-refractivity contribution in [3.05, 3.63) is 35.1 Å². The summed E-state index contributed by atoms with van der Waals surface area (Å²) in [6, 6.07) is 5.23. The number of anilines is 1. The zero-order valence-corrected chi connectivity index (χ0v) is 12.4. The Morgan fingerprint density at radius 1 is 1.33 bits per heavy atom. The van der Waals surface area contributed by atoms with E-state index in [1.54, 1.807) is 27.6 Å². The van der Waals surface area contributed by atoms with E-state index in [-0.39, 0.29) is 0 Å². The first kappa shape index (κ1) is 13.6. The lowest BCUT2D eigenvalue weighted by molar-refractivity contribution is 0.746. The maximum absolute atomic E-state index is 6.24. The third-order valence-corrected chi connectivity index (χ3v) is 3.48. The van der Waals surface area contributed by atoms with Crippen LogP contribution in [0.1, 0.15) is 12.6 Å². The van der Waals surface area contributed by atoms with Gasteiger partial charge in [-0.15, -0.1) is 5.10 Å². The van der Waals surface area contributed by atoms with Crippen molar-refractivity contribution in [2.75, 3.05) is 5.73 Å². The van der Waals surface area contributed by atoms with Crippen molar-refractivity contribution in [3.63, 3.8) is 0 Å². The lowest BCUT2D eigenvalue weighted by Crippen LogP contribution is -2.02. The van der Waals surface area contributed by atoms with Crippen molar-refractivity contribution < 1.29 is 0 Å². The number of hydrogen-bond donors (Lipinski definition) is 1. The molecule has 8 heteroatoms. The molecule has 3 aromatic rings. The maximum atomic E-state index is 6.24. The molecule has 21 heavy (non-hydrogen) atoms. The Hall–Kier alpha value is -2.41. The molecule has 0 radical (unpaired) electrons. The largest absolute Gasteiger partial charge is 0.399 e. The van der Waals surface area contributed by atoms with E-state index in [0.29, 0.717) is 22.1 Å². The van der Waals surface area contributed by atoms with E-state index in [1.165, 1.54) is 0 Å². The second-order valence-electron chi connectivity index (χ2n) is 4.64. The van der Waals surface area contributed by atoms with Gasteiger partial charge in [0.2, 0.25) is 0 Å². The molecule has 0 spiro atoms. The van der Waals surface area contributed by atoms with Crippen LogP contribution in [0.2, 0.25) is 5.02 Å². The number of benzene rings is 1. The van der Waals surface area contributed by atoms with Gasteiger partial charge in [-0.25, -0.2) is 0 Å². The van der Waals surface area contributed by atoms with Crippen LogP contribution in [-0.2, 0) is 13.5 Å². The molecule has 0 atom stereocenters. The SMILES string of the molecule is CCc1nn(C)cc1-n1nnnc1-c1cc(N)ccc1Cl. The monoisotopic (exact) mass is 303 g/mol. The molecule has 0 amide bonds. The molecule has 0 saturated heterocycles. The third kappa shape index (κ3) is 2.36. The van der Waals surface area contributed by atoms with Crippen LogP contribution in [0.15, 0.2) is 24.4 Å². The predicted molar refractivity (Wildman–Crippen MR) is 80.2 cm³/mol. The molecule has 7 nitrogen and oxygen atoms in total. The fraction of sp³-hybridized carbons (Fsp3) is 0.231. The standard InChI is InChI=1S/C13H14ClN7/c1-3-11-12(7-20(2)17-11)21-13(16-18-19-21)9-6-8(15)4-5-10(9)14/h4-7H,3,15H2,1-2H3. The van der Waals surface area contributed by atoms with Crippen LogP contribution < -0.4 is 5.73 Å². The summed E-state index contributed by atoms with van der Waals surface area (Å²) in [6.07, 6.45) is 2.65. The van der Waals surface area contributed by atoms with Gasteiger partial charge in [0.15, 0.2) is 5.82 Å². The summed E-state index contributed by atoms with van der Waals surface area (Å²) in [5.74, 6) is 0.537. The van der Waals surface area contributed by atoms with Gasteiger partial charge in [0.1, 0.15) is 5.69 Å². The minimum Gasteiger partial charge on any atom is -0.399 e. The Bertz CT molecular complexity index is 790. The van der Waals surface area contributed by atoms with Crippen molar-refractivity contribution in [1.29, 1.82) is 0 Å². The topological polar surface area (TPSA) is 87.4 Å². The van der Waals surface area contributed by atoms with E-state index < -0.39 is 0 Å². The van der Waals surface area contributed by atoms with Crippen molar-refractivity contribution >= 4 is 17.3 Å². The number of aromatic nitrogens is 6. The molecule has 2 N–H and O–H groups in total. The molecule has 0 saturated carbocycles. The molecule has 0 unspecified atom stereocenters. The first-order valence-corrected chi connectivity index (χ1v) is 6.84. The normalized spacial score (nSPS) is 11.0. The maximum Gasteiger partial charge on any atom is 0.188 e. The van der Waals surface area contributed by atoms with E-state index in [9.17, 15) is 0 Å². The summed E-state index contributed by atoms with van der Waals surface area (Å²) in [5.41, 5.74) is 8.86. The second kappa shape index (κ2) is 5.17. The molecule has 0 bridgehead atoms. The van der Waals surface area contributed by atoms with E-state index in [4.69, 9.17) is 17.3 Å². The van der Waals surface area contributed by atoms with E-state index in [1.807, 2.05) is 20.2 Å². The van der Waals surface area contributed by atoms with Gasteiger partial charge in [-0.05, 0) is 35.0 Å². The first-order valence-electron chi connectivity index (χ1n) is 6.46. The Labute approximate surface area is 126 Å². The quantitative estimate of drug-likeness (QED) is 0.746. The molecule has 1 aromatic carbocycles.